The summed E-state index contributed by atoms with van der Waals surface area (Å²) in [6.45, 7) is 0.472. The van der Waals surface area contributed by atoms with Gasteiger partial charge in [-0.15, -0.1) is 0 Å². The van der Waals surface area contributed by atoms with Gasteiger partial charge < -0.3 is 10.3 Å². The summed E-state index contributed by atoms with van der Waals surface area (Å²) in [5.41, 5.74) is 4.02. The Morgan fingerprint density at radius 3 is 2.57 bits per heavy atom. The van der Waals surface area contributed by atoms with E-state index < -0.39 is 0 Å². The van der Waals surface area contributed by atoms with Crippen LogP contribution in [-0.4, -0.2) is 17.4 Å². The number of para-hydroxylation sites is 1. The predicted molar refractivity (Wildman–Crippen MR) is 110 cm³/mol. The number of carbonyl (C=O) groups is 1. The molecule has 1 unspecified atom stereocenters. The SMILES string of the molecule is O=C(Cc1cccc(F)c1)NCC(c1ccccc1)c1c[nH]c2ccccc12. The lowest BCUT2D eigenvalue weighted by atomic mass is 9.91. The Bertz CT molecular complexity index is 1090. The van der Waals surface area contributed by atoms with Gasteiger partial charge in [-0.1, -0.05) is 60.7 Å². The molecule has 1 amide bonds. The quantitative estimate of drug-likeness (QED) is 0.502. The number of hydrogen-bond donors (Lipinski definition) is 2. The average Bonchev–Trinajstić information content (AvgIpc) is 3.13. The monoisotopic (exact) mass is 372 g/mol. The number of rotatable bonds is 6. The Morgan fingerprint density at radius 2 is 1.75 bits per heavy atom. The lowest BCUT2D eigenvalue weighted by molar-refractivity contribution is -0.120. The summed E-state index contributed by atoms with van der Waals surface area (Å²) < 4.78 is 13.4. The number of aromatic nitrogens is 1. The molecule has 0 aliphatic rings. The van der Waals surface area contributed by atoms with E-state index in [1.165, 1.54) is 12.1 Å². The van der Waals surface area contributed by atoms with Crippen molar-refractivity contribution in [1.29, 1.82) is 0 Å². The lowest BCUT2D eigenvalue weighted by Crippen LogP contribution is -2.30. The molecular formula is C24H21FN2O. The molecule has 0 aliphatic carbocycles. The summed E-state index contributed by atoms with van der Waals surface area (Å²) in [4.78, 5) is 15.8. The van der Waals surface area contributed by atoms with Gasteiger partial charge in [0, 0.05) is 29.6 Å². The summed E-state index contributed by atoms with van der Waals surface area (Å²) in [6.07, 6.45) is 2.17. The predicted octanol–water partition coefficient (Wildman–Crippen LogP) is 4.80. The standard InChI is InChI=1S/C24H21FN2O/c25-19-10-6-7-17(13-19)14-24(28)27-15-21(18-8-2-1-3-9-18)22-16-26-23-12-5-4-11-20(22)23/h1-13,16,21,26H,14-15H2,(H,27,28). The average molecular weight is 372 g/mol. The molecule has 1 aromatic heterocycles. The van der Waals surface area contributed by atoms with E-state index in [1.54, 1.807) is 12.1 Å². The smallest absolute Gasteiger partial charge is 0.224 e. The highest BCUT2D eigenvalue weighted by Crippen LogP contribution is 2.30. The summed E-state index contributed by atoms with van der Waals surface area (Å²) >= 11 is 0. The summed E-state index contributed by atoms with van der Waals surface area (Å²) in [5, 5.41) is 4.18. The summed E-state index contributed by atoms with van der Waals surface area (Å²) in [6, 6.07) is 24.5. The Morgan fingerprint density at radius 1 is 0.964 bits per heavy atom. The molecule has 4 rings (SSSR count). The van der Waals surface area contributed by atoms with Crippen molar-refractivity contribution in [2.24, 2.45) is 0 Å². The van der Waals surface area contributed by atoms with E-state index in [4.69, 9.17) is 0 Å². The fourth-order valence-electron chi connectivity index (χ4n) is 3.59. The molecule has 0 radical (unpaired) electrons. The Hall–Kier alpha value is -3.40. The highest BCUT2D eigenvalue weighted by molar-refractivity contribution is 5.84. The van der Waals surface area contributed by atoms with Crippen LogP contribution in [0.15, 0.2) is 85.1 Å². The fourth-order valence-corrected chi connectivity index (χ4v) is 3.59. The number of carbonyl (C=O) groups excluding carboxylic acids is 1. The van der Waals surface area contributed by atoms with Gasteiger partial charge in [-0.05, 0) is 34.9 Å². The molecule has 3 aromatic carbocycles. The molecule has 28 heavy (non-hydrogen) atoms. The lowest BCUT2D eigenvalue weighted by Gasteiger charge is -2.18. The molecule has 2 N–H and O–H groups in total. The van der Waals surface area contributed by atoms with Gasteiger partial charge in [-0.3, -0.25) is 4.79 Å². The van der Waals surface area contributed by atoms with Gasteiger partial charge in [0.05, 0.1) is 6.42 Å². The second kappa shape index (κ2) is 8.09. The van der Waals surface area contributed by atoms with Gasteiger partial charge in [-0.25, -0.2) is 4.39 Å². The van der Waals surface area contributed by atoms with E-state index in [0.717, 1.165) is 22.0 Å². The molecular weight excluding hydrogens is 351 g/mol. The van der Waals surface area contributed by atoms with Crippen molar-refractivity contribution < 1.29 is 9.18 Å². The van der Waals surface area contributed by atoms with Crippen LogP contribution in [0.2, 0.25) is 0 Å². The third-order valence-corrected chi connectivity index (χ3v) is 4.96. The molecule has 0 aliphatic heterocycles. The zero-order chi connectivity index (χ0) is 19.3. The van der Waals surface area contributed by atoms with Crippen molar-refractivity contribution in [2.75, 3.05) is 6.54 Å². The fraction of sp³-hybridized carbons (Fsp3) is 0.125. The van der Waals surface area contributed by atoms with Crippen molar-refractivity contribution in [3.05, 3.63) is 108 Å². The molecule has 0 saturated carbocycles. The van der Waals surface area contributed by atoms with E-state index in [1.807, 2.05) is 42.6 Å². The number of benzene rings is 3. The van der Waals surface area contributed by atoms with Gasteiger partial charge in [0.15, 0.2) is 0 Å². The number of amides is 1. The first kappa shape index (κ1) is 18.0. The van der Waals surface area contributed by atoms with Crippen molar-refractivity contribution in [1.82, 2.24) is 10.3 Å². The molecule has 3 nitrogen and oxygen atoms in total. The van der Waals surface area contributed by atoms with Crippen LogP contribution in [-0.2, 0) is 11.2 Å². The molecule has 4 aromatic rings. The van der Waals surface area contributed by atoms with Crippen LogP contribution in [0.3, 0.4) is 0 Å². The first-order chi connectivity index (χ1) is 13.7. The summed E-state index contributed by atoms with van der Waals surface area (Å²) in [5.74, 6) is -0.425. The maximum Gasteiger partial charge on any atom is 0.224 e. The second-order valence-corrected chi connectivity index (χ2v) is 6.86. The number of nitrogens with one attached hydrogen (secondary N) is 2. The largest absolute Gasteiger partial charge is 0.361 e. The third kappa shape index (κ3) is 3.96. The first-order valence-electron chi connectivity index (χ1n) is 9.33. The highest BCUT2D eigenvalue weighted by atomic mass is 19.1. The molecule has 140 valence electrons. The van der Waals surface area contributed by atoms with Crippen LogP contribution in [0.1, 0.15) is 22.6 Å². The van der Waals surface area contributed by atoms with E-state index in [-0.39, 0.29) is 24.1 Å². The summed E-state index contributed by atoms with van der Waals surface area (Å²) in [7, 11) is 0. The van der Waals surface area contributed by atoms with Gasteiger partial charge in [0.1, 0.15) is 5.82 Å². The van der Waals surface area contributed by atoms with Crippen LogP contribution in [0.25, 0.3) is 10.9 Å². The molecule has 1 heterocycles. The number of fused-ring (bicyclic) bond motifs is 1. The Kier molecular flexibility index (Phi) is 5.20. The number of H-pyrrole nitrogens is 1. The van der Waals surface area contributed by atoms with E-state index in [9.17, 15) is 9.18 Å². The van der Waals surface area contributed by atoms with E-state index in [2.05, 4.69) is 28.5 Å². The number of hydrogen-bond acceptors (Lipinski definition) is 1. The zero-order valence-corrected chi connectivity index (χ0v) is 15.4. The van der Waals surface area contributed by atoms with Crippen LogP contribution in [0.5, 0.6) is 0 Å². The third-order valence-electron chi connectivity index (χ3n) is 4.96. The molecule has 1 atom stereocenters. The molecule has 4 heteroatoms. The van der Waals surface area contributed by atoms with E-state index >= 15 is 0 Å². The van der Waals surface area contributed by atoms with Crippen molar-refractivity contribution in [3.63, 3.8) is 0 Å². The number of aromatic amines is 1. The van der Waals surface area contributed by atoms with Crippen LogP contribution in [0, 0.1) is 5.82 Å². The minimum atomic E-state index is -0.328. The Labute approximate surface area is 163 Å². The maximum absolute atomic E-state index is 13.4. The van der Waals surface area contributed by atoms with Gasteiger partial charge in [-0.2, -0.15) is 0 Å². The minimum absolute atomic E-state index is 0.0220. The topological polar surface area (TPSA) is 44.9 Å². The molecule has 0 fully saturated rings. The maximum atomic E-state index is 13.4. The van der Waals surface area contributed by atoms with Gasteiger partial charge >= 0.3 is 0 Å². The molecule has 0 spiro atoms. The number of halogens is 1. The van der Waals surface area contributed by atoms with E-state index in [0.29, 0.717) is 12.1 Å². The van der Waals surface area contributed by atoms with Crippen LogP contribution < -0.4 is 5.32 Å². The van der Waals surface area contributed by atoms with Crippen molar-refractivity contribution in [2.45, 2.75) is 12.3 Å². The normalized spacial score (nSPS) is 12.0. The van der Waals surface area contributed by atoms with Crippen LogP contribution >= 0.6 is 0 Å². The second-order valence-electron chi connectivity index (χ2n) is 6.86. The van der Waals surface area contributed by atoms with Crippen molar-refractivity contribution in [3.8, 4) is 0 Å². The molecule has 0 bridgehead atoms. The minimum Gasteiger partial charge on any atom is -0.361 e. The highest BCUT2D eigenvalue weighted by Gasteiger charge is 2.19. The zero-order valence-electron chi connectivity index (χ0n) is 15.4. The van der Waals surface area contributed by atoms with Gasteiger partial charge in [0.2, 0.25) is 5.91 Å². The van der Waals surface area contributed by atoms with Crippen LogP contribution in [0.4, 0.5) is 4.39 Å². The Balaban J connectivity index is 1.56. The van der Waals surface area contributed by atoms with Gasteiger partial charge in [0.25, 0.3) is 0 Å². The molecule has 0 saturated heterocycles. The first-order valence-corrected chi connectivity index (χ1v) is 9.33. The van der Waals surface area contributed by atoms with Crippen molar-refractivity contribution >= 4 is 16.8 Å².